The highest BCUT2D eigenvalue weighted by Gasteiger charge is 2.27. The molecule has 0 fully saturated rings. The number of hydrogen-bond acceptors (Lipinski definition) is 4. The lowest BCUT2D eigenvalue weighted by Gasteiger charge is -2.06. The Labute approximate surface area is 101 Å². The summed E-state index contributed by atoms with van der Waals surface area (Å²) in [5, 5.41) is 8.89. The number of ketones is 1. The molecule has 16 heavy (non-hydrogen) atoms. The minimum absolute atomic E-state index is 0.465. The van der Waals surface area contributed by atoms with Crippen LogP contribution in [0.2, 0.25) is 0 Å². The molecule has 1 atom stereocenters. The maximum absolute atomic E-state index is 11.5. The summed E-state index contributed by atoms with van der Waals surface area (Å²) < 4.78 is 5.03. The molecule has 0 N–H and O–H groups in total. The molecule has 0 heterocycles. The molecule has 0 saturated carbocycles. The highest BCUT2D eigenvalue weighted by molar-refractivity contribution is 9.10. The molecule has 0 bridgehead atoms. The molecule has 4 nitrogen and oxygen atoms in total. The third-order valence-corrected chi connectivity index (χ3v) is 2.45. The van der Waals surface area contributed by atoms with Gasteiger partial charge in [-0.25, -0.2) is 4.79 Å². The first-order valence-corrected chi connectivity index (χ1v) is 5.16. The summed E-state index contributed by atoms with van der Waals surface area (Å²) in [5.74, 6) is -2.99. The molecule has 1 aromatic rings. The van der Waals surface area contributed by atoms with E-state index in [9.17, 15) is 9.59 Å². The monoisotopic (exact) mass is 281 g/mol. The number of ether oxygens (including phenoxy) is 1. The average Bonchev–Trinajstić information content (AvgIpc) is 2.29. The van der Waals surface area contributed by atoms with Gasteiger partial charge in [0.25, 0.3) is 5.78 Å². The van der Waals surface area contributed by atoms with Crippen LogP contribution < -0.4 is 0 Å². The number of benzene rings is 1. The number of Topliss-reactive ketones (excluding diaryl/α,β-unsaturated/α-hetero) is 1. The van der Waals surface area contributed by atoms with Gasteiger partial charge in [-0.05, 0) is 17.7 Å². The fourth-order valence-electron chi connectivity index (χ4n) is 1.19. The van der Waals surface area contributed by atoms with Gasteiger partial charge in [0, 0.05) is 4.47 Å². The van der Waals surface area contributed by atoms with Crippen molar-refractivity contribution in [3.63, 3.8) is 0 Å². The fraction of sp³-hybridized carbons (Fsp3) is 0.182. The van der Waals surface area contributed by atoms with Crippen LogP contribution in [0.5, 0.6) is 0 Å². The van der Waals surface area contributed by atoms with Crippen molar-refractivity contribution in [3.05, 3.63) is 34.3 Å². The van der Waals surface area contributed by atoms with E-state index in [1.165, 1.54) is 0 Å². The lowest BCUT2D eigenvalue weighted by Crippen LogP contribution is -2.22. The molecule has 0 aromatic heterocycles. The number of nitrogens with zero attached hydrogens (tertiary/aromatic N) is 1. The van der Waals surface area contributed by atoms with E-state index < -0.39 is 17.7 Å². The summed E-state index contributed by atoms with van der Waals surface area (Å²) in [6.07, 6.45) is 0. The Morgan fingerprint density at radius 2 is 2.19 bits per heavy atom. The standard InChI is InChI=1S/C11H8BrNO3/c1-16-11(15)10(14)9(6-13)7-3-2-4-8(12)5-7/h2-5,9H,1H3. The zero-order valence-electron chi connectivity index (χ0n) is 8.44. The molecule has 82 valence electrons. The molecule has 0 amide bonds. The zero-order valence-corrected chi connectivity index (χ0v) is 10.0. The first-order chi connectivity index (χ1) is 7.60. The van der Waals surface area contributed by atoms with E-state index in [2.05, 4.69) is 20.7 Å². The van der Waals surface area contributed by atoms with Gasteiger partial charge in [0.05, 0.1) is 13.2 Å². The van der Waals surface area contributed by atoms with Crippen LogP contribution in [0.15, 0.2) is 28.7 Å². The lowest BCUT2D eigenvalue weighted by molar-refractivity contribution is -0.151. The molecule has 0 saturated heterocycles. The number of carbonyl (C=O) groups is 2. The summed E-state index contributed by atoms with van der Waals surface area (Å²) >= 11 is 3.23. The molecule has 0 aliphatic heterocycles. The van der Waals surface area contributed by atoms with Crippen LogP contribution >= 0.6 is 15.9 Å². The van der Waals surface area contributed by atoms with Crippen LogP contribution in [0.3, 0.4) is 0 Å². The summed E-state index contributed by atoms with van der Waals surface area (Å²) in [6, 6.07) is 8.47. The van der Waals surface area contributed by atoms with Crippen molar-refractivity contribution >= 4 is 27.7 Å². The number of hydrogen-bond donors (Lipinski definition) is 0. The van der Waals surface area contributed by atoms with Gasteiger partial charge in [-0.1, -0.05) is 28.1 Å². The van der Waals surface area contributed by atoms with Crippen LogP contribution in [0.25, 0.3) is 0 Å². The Morgan fingerprint density at radius 3 is 2.69 bits per heavy atom. The maximum Gasteiger partial charge on any atom is 0.376 e. The molecule has 1 aromatic carbocycles. The van der Waals surface area contributed by atoms with Gasteiger partial charge >= 0.3 is 5.97 Å². The van der Waals surface area contributed by atoms with E-state index >= 15 is 0 Å². The van der Waals surface area contributed by atoms with Crippen LogP contribution in [0, 0.1) is 11.3 Å². The third-order valence-electron chi connectivity index (χ3n) is 1.96. The van der Waals surface area contributed by atoms with Crippen molar-refractivity contribution in [1.29, 1.82) is 5.26 Å². The Balaban J connectivity index is 3.05. The number of rotatable bonds is 3. The van der Waals surface area contributed by atoms with Gasteiger partial charge in [-0.15, -0.1) is 0 Å². The molecule has 0 spiro atoms. The second-order valence-electron chi connectivity index (χ2n) is 2.97. The third kappa shape index (κ3) is 2.67. The maximum atomic E-state index is 11.5. The number of esters is 1. The highest BCUT2D eigenvalue weighted by atomic mass is 79.9. The molecule has 0 radical (unpaired) electrons. The van der Waals surface area contributed by atoms with Crippen molar-refractivity contribution in [2.24, 2.45) is 0 Å². The van der Waals surface area contributed by atoms with Crippen LogP contribution in [-0.4, -0.2) is 18.9 Å². The first kappa shape index (κ1) is 12.4. The number of nitriles is 1. The van der Waals surface area contributed by atoms with E-state index in [0.717, 1.165) is 11.6 Å². The van der Waals surface area contributed by atoms with E-state index in [-0.39, 0.29) is 0 Å². The molecule has 1 unspecified atom stereocenters. The average molecular weight is 282 g/mol. The molecule has 0 aliphatic carbocycles. The zero-order chi connectivity index (χ0) is 12.1. The van der Waals surface area contributed by atoms with Gasteiger partial charge in [0.15, 0.2) is 0 Å². The SMILES string of the molecule is COC(=O)C(=O)C(C#N)c1cccc(Br)c1. The van der Waals surface area contributed by atoms with Gasteiger partial charge in [-0.2, -0.15) is 5.26 Å². The number of methoxy groups -OCH3 is 1. The van der Waals surface area contributed by atoms with E-state index in [1.54, 1.807) is 30.3 Å². The summed E-state index contributed by atoms with van der Waals surface area (Å²) in [7, 11) is 1.11. The Morgan fingerprint density at radius 1 is 1.50 bits per heavy atom. The lowest BCUT2D eigenvalue weighted by atomic mass is 9.96. The van der Waals surface area contributed by atoms with Crippen LogP contribution in [-0.2, 0) is 14.3 Å². The van der Waals surface area contributed by atoms with Crippen molar-refractivity contribution < 1.29 is 14.3 Å². The molecule has 5 heteroatoms. The minimum Gasteiger partial charge on any atom is -0.463 e. The van der Waals surface area contributed by atoms with Gasteiger partial charge in [-0.3, -0.25) is 4.79 Å². The topological polar surface area (TPSA) is 67.2 Å². The van der Waals surface area contributed by atoms with Crippen molar-refractivity contribution in [2.75, 3.05) is 7.11 Å². The Bertz CT molecular complexity index is 465. The second-order valence-corrected chi connectivity index (χ2v) is 3.89. The fourth-order valence-corrected chi connectivity index (χ4v) is 1.61. The smallest absolute Gasteiger partial charge is 0.376 e. The summed E-state index contributed by atoms with van der Waals surface area (Å²) in [5.41, 5.74) is 0.465. The van der Waals surface area contributed by atoms with Gasteiger partial charge in [0.2, 0.25) is 0 Å². The van der Waals surface area contributed by atoms with Crippen molar-refractivity contribution in [1.82, 2.24) is 0 Å². The predicted molar refractivity (Wildman–Crippen MR) is 59.5 cm³/mol. The van der Waals surface area contributed by atoms with E-state index in [0.29, 0.717) is 5.56 Å². The predicted octanol–water partition coefficient (Wildman–Crippen LogP) is 1.80. The largest absolute Gasteiger partial charge is 0.463 e. The molecular formula is C11H8BrNO3. The highest BCUT2D eigenvalue weighted by Crippen LogP contribution is 2.20. The number of carbonyl (C=O) groups excluding carboxylic acids is 2. The molecular weight excluding hydrogens is 274 g/mol. The van der Waals surface area contributed by atoms with E-state index in [1.807, 2.05) is 0 Å². The summed E-state index contributed by atoms with van der Waals surface area (Å²) in [4.78, 5) is 22.5. The van der Waals surface area contributed by atoms with Crippen molar-refractivity contribution in [3.8, 4) is 6.07 Å². The van der Waals surface area contributed by atoms with Crippen molar-refractivity contribution in [2.45, 2.75) is 5.92 Å². The normalized spacial score (nSPS) is 11.3. The minimum atomic E-state index is -1.12. The Kier molecular flexibility index (Phi) is 4.20. The first-order valence-electron chi connectivity index (χ1n) is 4.37. The second kappa shape index (κ2) is 5.42. The molecule has 1 rings (SSSR count). The molecule has 0 aliphatic rings. The van der Waals surface area contributed by atoms with Crippen LogP contribution in [0.1, 0.15) is 11.5 Å². The van der Waals surface area contributed by atoms with E-state index in [4.69, 9.17) is 5.26 Å². The van der Waals surface area contributed by atoms with Gasteiger partial charge < -0.3 is 4.74 Å². The Hall–Kier alpha value is -1.67. The van der Waals surface area contributed by atoms with Gasteiger partial charge in [0.1, 0.15) is 5.92 Å². The number of halogens is 1. The summed E-state index contributed by atoms with van der Waals surface area (Å²) in [6.45, 7) is 0. The van der Waals surface area contributed by atoms with Crippen LogP contribution in [0.4, 0.5) is 0 Å². The quantitative estimate of drug-likeness (QED) is 0.626.